The maximum atomic E-state index is 16.6. The van der Waals surface area contributed by atoms with Crippen molar-refractivity contribution in [3.63, 3.8) is 0 Å². The molecule has 3 aromatic carbocycles. The van der Waals surface area contributed by atoms with Crippen LogP contribution in [0.1, 0.15) is 232 Å². The van der Waals surface area contributed by atoms with Gasteiger partial charge in [0.05, 0.1) is 34.2 Å². The number of ether oxygens (including phenoxy) is 3. The van der Waals surface area contributed by atoms with E-state index in [0.29, 0.717) is 69.6 Å². The molecule has 92 heavy (non-hydrogen) atoms. The third-order valence-electron chi connectivity index (χ3n) is 30.6. The van der Waals surface area contributed by atoms with Crippen molar-refractivity contribution in [2.24, 2.45) is 100 Å². The molecule has 10 aliphatic carbocycles. The third-order valence-corrected chi connectivity index (χ3v) is 30.6. The predicted octanol–water partition coefficient (Wildman–Crippen LogP) is 16.5. The highest BCUT2D eigenvalue weighted by molar-refractivity contribution is 6.18. The number of phenolic OH excluding ortho intramolecular Hbond substituents is 3. The minimum atomic E-state index is -1.01. The average Bonchev–Trinajstić information content (AvgIpc) is 0.680. The van der Waals surface area contributed by atoms with Gasteiger partial charge in [0.1, 0.15) is 19.0 Å². The Kier molecular flexibility index (Phi) is 14.0. The molecule has 1 aliphatic heterocycles. The van der Waals surface area contributed by atoms with Crippen LogP contribution in [0.4, 0.5) is 0 Å². The number of carbonyl (C=O) groups is 4. The van der Waals surface area contributed by atoms with Crippen molar-refractivity contribution in [2.45, 2.75) is 224 Å². The van der Waals surface area contributed by atoms with Crippen molar-refractivity contribution in [3.05, 3.63) is 64.8 Å². The molecule has 16 atom stereocenters. The fraction of sp³-hybridized carbons (Fsp3) is 0.692. The third kappa shape index (κ3) is 8.33. The first-order valence-electron chi connectivity index (χ1n) is 35.1. The van der Waals surface area contributed by atoms with Crippen LogP contribution < -0.4 is 4.74 Å². The van der Waals surface area contributed by atoms with Crippen molar-refractivity contribution in [1.29, 1.82) is 0 Å². The monoisotopic (exact) mass is 1260 g/mol. The number of hydrogen-bond donors (Lipinski definition) is 7. The first-order chi connectivity index (χ1) is 42.9. The lowest BCUT2D eigenvalue weighted by Gasteiger charge is -2.71. The molecule has 0 saturated heterocycles. The van der Waals surface area contributed by atoms with Crippen molar-refractivity contribution >= 4 is 34.6 Å². The number of hydrogen-bond acceptors (Lipinski definition) is 12. The molecule has 7 N–H and O–H groups in total. The maximum Gasteiger partial charge on any atom is 0.339 e. The normalized spacial score (nSPS) is 41.2. The van der Waals surface area contributed by atoms with E-state index < -0.39 is 80.1 Å². The summed E-state index contributed by atoms with van der Waals surface area (Å²) in [6, 6.07) is 7.22. The van der Waals surface area contributed by atoms with Gasteiger partial charge in [0.2, 0.25) is 0 Å². The molecule has 0 aromatic heterocycles. The second-order valence-corrected chi connectivity index (χ2v) is 35.9. The maximum absolute atomic E-state index is 16.6. The zero-order valence-corrected chi connectivity index (χ0v) is 56.7. The van der Waals surface area contributed by atoms with E-state index in [4.69, 9.17) is 14.2 Å². The second-order valence-electron chi connectivity index (χ2n) is 35.9. The summed E-state index contributed by atoms with van der Waals surface area (Å²) in [4.78, 5) is 60.9. The van der Waals surface area contributed by atoms with Crippen molar-refractivity contribution in [1.82, 2.24) is 0 Å². The fourth-order valence-electron chi connectivity index (χ4n) is 25.1. The topological polar surface area (TPSA) is 238 Å². The van der Waals surface area contributed by atoms with Crippen LogP contribution in [0.15, 0.2) is 53.6 Å². The first kappa shape index (κ1) is 63.8. The van der Waals surface area contributed by atoms with Gasteiger partial charge in [-0.15, -0.1) is 0 Å². The van der Waals surface area contributed by atoms with E-state index in [2.05, 4.69) is 95.2 Å². The molecule has 1 heterocycles. The number of carboxylic acid groups (broad SMARTS) is 2. The van der Waals surface area contributed by atoms with Gasteiger partial charge in [-0.3, -0.25) is 9.59 Å². The Labute approximate surface area is 543 Å². The van der Waals surface area contributed by atoms with Gasteiger partial charge in [-0.25, -0.2) is 9.59 Å². The summed E-state index contributed by atoms with van der Waals surface area (Å²) >= 11 is 0. The Bertz CT molecular complexity index is 3740. The molecule has 0 spiro atoms. The Morgan fingerprint density at radius 2 is 0.978 bits per heavy atom. The summed E-state index contributed by atoms with van der Waals surface area (Å²) in [5.74, 6) is -4.56. The molecule has 0 bridgehead atoms. The highest BCUT2D eigenvalue weighted by Gasteiger charge is 2.73. The van der Waals surface area contributed by atoms with Crippen molar-refractivity contribution in [3.8, 4) is 39.9 Å². The van der Waals surface area contributed by atoms with Crippen LogP contribution in [0.25, 0.3) is 21.9 Å². The highest BCUT2D eigenvalue weighted by Crippen LogP contribution is 2.79. The van der Waals surface area contributed by atoms with Crippen LogP contribution in [-0.4, -0.2) is 85.0 Å². The molecule has 498 valence electrons. The lowest BCUT2D eigenvalue weighted by molar-refractivity contribution is -0.214. The minimum absolute atomic E-state index is 0.0150. The van der Waals surface area contributed by atoms with Gasteiger partial charge in [0.25, 0.3) is 0 Å². The van der Waals surface area contributed by atoms with E-state index in [-0.39, 0.29) is 126 Å². The van der Waals surface area contributed by atoms with Gasteiger partial charge in [0, 0.05) is 33.4 Å². The highest BCUT2D eigenvalue weighted by atomic mass is 16.5. The number of allylic oxidation sites excluding steroid dienone is 2. The molecule has 11 aliphatic rings. The van der Waals surface area contributed by atoms with E-state index in [0.717, 1.165) is 75.4 Å². The van der Waals surface area contributed by atoms with Gasteiger partial charge in [-0.1, -0.05) is 112 Å². The van der Waals surface area contributed by atoms with E-state index in [1.165, 1.54) is 18.2 Å². The smallest absolute Gasteiger partial charge is 0.339 e. The molecule has 14 rings (SSSR count). The first-order valence-corrected chi connectivity index (χ1v) is 35.1. The Balaban J connectivity index is 0.915. The van der Waals surface area contributed by atoms with Crippen LogP contribution in [0.2, 0.25) is 0 Å². The summed E-state index contributed by atoms with van der Waals surface area (Å²) < 4.78 is 20.6. The summed E-state index contributed by atoms with van der Waals surface area (Å²) in [5.41, 5.74) is -3.95. The van der Waals surface area contributed by atoms with E-state index in [9.17, 15) is 45.3 Å². The SMILES string of the molecule is CC1(C)CC[C@]2(C(=O)O)CC[C@]3(COC(=O)c4cc5ccc(O)c6c5c(c4C(=O)OC[C@@]45CC[C@@]7(C(=O)O)CCC(C)(C)C[C@H]7C4=CC[C@@H]4[C@@]7(C)CC[C@H](O)C(C)(C)[C@@H]7CC[C@]45C)-c4cc(O)c(O)cc4O6)C(=CC[C@@H]4[C@@]5(C)CC[C@H](O)C(C)(C)[C@@H]5CC[C@]43C)[C@@H]2C1. The molecule has 8 saturated carbocycles. The summed E-state index contributed by atoms with van der Waals surface area (Å²) in [6.45, 7) is 27.1. The van der Waals surface area contributed by atoms with Crippen LogP contribution >= 0.6 is 0 Å². The molecule has 8 fully saturated rings. The molecule has 14 heteroatoms. The number of fused-ring (bicyclic) bond motifs is 16. The second kappa shape index (κ2) is 20.2. The molecule has 0 unspecified atom stereocenters. The molecular formula is C78H102O14. The molecule has 0 radical (unpaired) electrons. The summed E-state index contributed by atoms with van der Waals surface area (Å²) in [6.07, 6.45) is 17.1. The van der Waals surface area contributed by atoms with Crippen LogP contribution in [-0.2, 0) is 19.1 Å². The fourth-order valence-corrected chi connectivity index (χ4v) is 25.1. The largest absolute Gasteiger partial charge is 0.504 e. The minimum Gasteiger partial charge on any atom is -0.504 e. The average molecular weight is 1260 g/mol. The Morgan fingerprint density at radius 1 is 0.522 bits per heavy atom. The predicted molar refractivity (Wildman–Crippen MR) is 349 cm³/mol. The molecule has 3 aromatic rings. The number of benzene rings is 3. The van der Waals surface area contributed by atoms with E-state index in [1.54, 1.807) is 12.1 Å². The molecule has 14 nitrogen and oxygen atoms in total. The molecule has 0 amide bonds. The zero-order chi connectivity index (χ0) is 66.1. The van der Waals surface area contributed by atoms with Gasteiger partial charge in [0.15, 0.2) is 23.0 Å². The summed E-state index contributed by atoms with van der Waals surface area (Å²) in [7, 11) is 0. The van der Waals surface area contributed by atoms with Crippen molar-refractivity contribution in [2.75, 3.05) is 13.2 Å². The number of aromatic hydroxyl groups is 3. The number of esters is 2. The lowest BCUT2D eigenvalue weighted by atomic mass is 9.33. The number of carboxylic acids is 2. The number of aliphatic carboxylic acids is 2. The van der Waals surface area contributed by atoms with Gasteiger partial charge in [-0.2, -0.15) is 0 Å². The van der Waals surface area contributed by atoms with Gasteiger partial charge in [-0.05, 0) is 231 Å². The Morgan fingerprint density at radius 3 is 1.46 bits per heavy atom. The van der Waals surface area contributed by atoms with Gasteiger partial charge < -0.3 is 50.0 Å². The van der Waals surface area contributed by atoms with E-state index in [1.807, 2.05) is 0 Å². The van der Waals surface area contributed by atoms with Crippen molar-refractivity contribution < 1.29 is 69.1 Å². The number of aliphatic hydroxyl groups is 2. The Hall–Kier alpha value is -5.60. The standard InChI is InChI=1S/C78H102O14/c1-67(2)27-29-75(65(86)87)31-33-77(45(47(75)38-67)14-17-55-71(9)23-21-57(82)69(5,6)53(71)19-25-73(55,77)11)40-90-63(84)44-35-42-13-16-49(79)62-59(42)60(43-36-50(80)51(81)37-52(43)92-62)61(44)64(85)91-41-78-34-32-76(66(88)89)30-28-68(3,4)39-48(76)46(78)15-18-56-72(10)24-22-58(83)70(7,8)54(72)20-26-74(56,78)12/h13-16,35-37,47-48,53-58,79-83H,17-34,38-41H2,1-12H3,(H,86,87)(H,88,89)/t47-,48-,53-,54-,55+,56+,57-,58-,71-,72-,73+,74+,75-,76-,77-,78-/m0/s1. The number of carbonyl (C=O) groups excluding carboxylic acids is 2. The molecular weight excluding hydrogens is 1160 g/mol. The van der Waals surface area contributed by atoms with Gasteiger partial charge >= 0.3 is 23.9 Å². The number of aliphatic hydroxyl groups excluding tert-OH is 2. The zero-order valence-electron chi connectivity index (χ0n) is 56.7. The number of rotatable bonds is 8. The quantitative estimate of drug-likeness (QED) is 0.0494. The van der Waals surface area contributed by atoms with Crippen LogP contribution in [0.3, 0.4) is 0 Å². The van der Waals surface area contributed by atoms with E-state index >= 15 is 9.59 Å². The van der Waals surface area contributed by atoms with Crippen LogP contribution in [0.5, 0.6) is 28.7 Å². The lowest BCUT2D eigenvalue weighted by Crippen LogP contribution is -2.66. The van der Waals surface area contributed by atoms with Crippen LogP contribution in [0, 0.1) is 100 Å². The number of phenols is 3. The summed E-state index contributed by atoms with van der Waals surface area (Å²) in [5, 5.41) is 81.0.